The Morgan fingerprint density at radius 1 is 1.23 bits per heavy atom. The maximum absolute atomic E-state index is 12.9. The Kier molecular flexibility index (Phi) is 6.99. The van der Waals surface area contributed by atoms with E-state index in [2.05, 4.69) is 24.5 Å². The second-order valence-electron chi connectivity index (χ2n) is 8.00. The Morgan fingerprint density at radius 2 is 1.90 bits per heavy atom. The Bertz CT molecular complexity index is 915. The summed E-state index contributed by atoms with van der Waals surface area (Å²) in [6, 6.07) is 8.96. The second-order valence-corrected chi connectivity index (χ2v) is 8.00. The normalized spacial score (nSPS) is 16.4. The van der Waals surface area contributed by atoms with E-state index >= 15 is 0 Å². The van der Waals surface area contributed by atoms with E-state index in [1.165, 1.54) is 0 Å². The molecule has 8 heteroatoms. The van der Waals surface area contributed by atoms with E-state index in [4.69, 9.17) is 9.47 Å². The number of hydrogen-bond donors (Lipinski definition) is 2. The summed E-state index contributed by atoms with van der Waals surface area (Å²) in [6.07, 6.45) is 2.43. The van der Waals surface area contributed by atoms with E-state index in [9.17, 15) is 9.59 Å². The summed E-state index contributed by atoms with van der Waals surface area (Å²) in [5.74, 6) is 0. The van der Waals surface area contributed by atoms with Crippen LogP contribution < -0.4 is 16.2 Å². The number of carbonyl (C=O) groups excluding carboxylic acids is 1. The number of hydrogen-bond acceptors (Lipinski definition) is 4. The van der Waals surface area contributed by atoms with E-state index in [1.807, 2.05) is 37.3 Å². The first-order valence-corrected chi connectivity index (χ1v) is 10.5. The first kappa shape index (κ1) is 22.1. The highest BCUT2D eigenvalue weighted by molar-refractivity contribution is 5.89. The zero-order valence-corrected chi connectivity index (χ0v) is 18.2. The average molecular weight is 417 g/mol. The van der Waals surface area contributed by atoms with Crippen molar-refractivity contribution in [2.75, 3.05) is 25.1 Å². The zero-order chi connectivity index (χ0) is 21.7. The molecule has 2 N–H and O–H groups in total. The third kappa shape index (κ3) is 4.60. The molecule has 2 heterocycles. The van der Waals surface area contributed by atoms with E-state index in [-0.39, 0.29) is 29.0 Å². The average Bonchev–Trinajstić information content (AvgIpc) is 3.36. The molecule has 1 fully saturated rings. The summed E-state index contributed by atoms with van der Waals surface area (Å²) in [7, 11) is 1.80. The molecule has 1 atom stereocenters. The third-order valence-electron chi connectivity index (χ3n) is 6.00. The van der Waals surface area contributed by atoms with Crippen LogP contribution in [-0.4, -0.2) is 41.4 Å². The van der Waals surface area contributed by atoms with Crippen LogP contribution in [0.15, 0.2) is 35.1 Å². The fourth-order valence-electron chi connectivity index (χ4n) is 3.79. The number of nitrogens with one attached hydrogen (secondary N) is 2. The van der Waals surface area contributed by atoms with Crippen molar-refractivity contribution >= 4 is 11.7 Å². The topological polar surface area (TPSA) is 86.5 Å². The lowest BCUT2D eigenvalue weighted by atomic mass is 9.82. The van der Waals surface area contributed by atoms with E-state index in [0.29, 0.717) is 25.5 Å². The number of anilines is 1. The van der Waals surface area contributed by atoms with Crippen LogP contribution in [0.4, 0.5) is 10.5 Å². The maximum Gasteiger partial charge on any atom is 0.319 e. The third-order valence-corrected chi connectivity index (χ3v) is 6.00. The first-order valence-electron chi connectivity index (χ1n) is 10.5. The lowest BCUT2D eigenvalue weighted by Crippen LogP contribution is -2.35. The van der Waals surface area contributed by atoms with Gasteiger partial charge in [0.1, 0.15) is 5.69 Å². The van der Waals surface area contributed by atoms with Crippen LogP contribution in [0, 0.1) is 12.3 Å². The lowest BCUT2D eigenvalue weighted by Gasteiger charge is -2.33. The minimum absolute atomic E-state index is 0.0753. The van der Waals surface area contributed by atoms with Crippen molar-refractivity contribution in [2.45, 2.75) is 46.3 Å². The smallest absolute Gasteiger partial charge is 0.319 e. The van der Waals surface area contributed by atoms with Crippen molar-refractivity contribution in [3.63, 3.8) is 0 Å². The van der Waals surface area contributed by atoms with E-state index in [1.54, 1.807) is 16.4 Å². The summed E-state index contributed by atoms with van der Waals surface area (Å²) < 4.78 is 14.6. The number of carbonyl (C=O) groups is 1. The number of para-hydroxylation sites is 1. The lowest BCUT2D eigenvalue weighted by molar-refractivity contribution is -0.131. The summed E-state index contributed by atoms with van der Waals surface area (Å²) in [6.45, 7) is 7.87. The monoisotopic (exact) mass is 416 g/mol. The molecule has 0 spiro atoms. The van der Waals surface area contributed by atoms with E-state index < -0.39 is 0 Å². The molecule has 0 unspecified atom stereocenters. The predicted molar refractivity (Wildman–Crippen MR) is 116 cm³/mol. The van der Waals surface area contributed by atoms with Gasteiger partial charge in [0.15, 0.2) is 6.29 Å². The van der Waals surface area contributed by atoms with Crippen LogP contribution in [0.1, 0.15) is 38.8 Å². The van der Waals surface area contributed by atoms with Gasteiger partial charge in [-0.05, 0) is 38.3 Å². The van der Waals surface area contributed by atoms with Crippen LogP contribution in [0.3, 0.4) is 0 Å². The largest absolute Gasteiger partial charge is 0.350 e. The molecule has 0 radical (unpaired) electrons. The summed E-state index contributed by atoms with van der Waals surface area (Å²) >= 11 is 0. The van der Waals surface area contributed by atoms with Crippen molar-refractivity contribution in [3.05, 3.63) is 46.4 Å². The van der Waals surface area contributed by atoms with Crippen LogP contribution in [0.2, 0.25) is 0 Å². The summed E-state index contributed by atoms with van der Waals surface area (Å²) in [4.78, 5) is 25.3. The van der Waals surface area contributed by atoms with Gasteiger partial charge in [0.25, 0.3) is 5.56 Å². The Balaban J connectivity index is 1.57. The fraction of sp³-hybridized carbons (Fsp3) is 0.545. The van der Waals surface area contributed by atoms with Crippen molar-refractivity contribution in [2.24, 2.45) is 12.5 Å². The molecule has 1 aromatic heterocycles. The van der Waals surface area contributed by atoms with Crippen molar-refractivity contribution in [3.8, 4) is 5.69 Å². The van der Waals surface area contributed by atoms with Gasteiger partial charge in [0, 0.05) is 19.0 Å². The molecule has 0 bridgehead atoms. The van der Waals surface area contributed by atoms with Crippen molar-refractivity contribution < 1.29 is 14.3 Å². The molecule has 30 heavy (non-hydrogen) atoms. The van der Waals surface area contributed by atoms with Gasteiger partial charge >= 0.3 is 6.03 Å². The number of nitrogens with zero attached hydrogens (tertiary/aromatic N) is 2. The van der Waals surface area contributed by atoms with Gasteiger partial charge in [0.05, 0.1) is 24.6 Å². The molecule has 164 valence electrons. The molecule has 0 saturated carbocycles. The highest BCUT2D eigenvalue weighted by Gasteiger charge is 2.36. The molecule has 3 rings (SSSR count). The Hall–Kier alpha value is -2.58. The number of benzene rings is 1. The standard InChI is InChI=1S/C22H32N4O4/c1-5-22(3,20-29-14-15-30-20)12-9-13-23-21(28)24-18-16(2)25(4)26(19(18)27)17-10-7-6-8-11-17/h6-8,10-11,20H,5,9,12-15H2,1-4H3,(H2,23,24,28)/t22-/m0/s1. The minimum Gasteiger partial charge on any atom is -0.350 e. The molecular weight excluding hydrogens is 384 g/mol. The van der Waals surface area contributed by atoms with E-state index in [0.717, 1.165) is 24.9 Å². The molecule has 2 aromatic rings. The van der Waals surface area contributed by atoms with Crippen molar-refractivity contribution in [1.82, 2.24) is 14.7 Å². The molecule has 8 nitrogen and oxygen atoms in total. The van der Waals surface area contributed by atoms with Gasteiger partial charge in [0.2, 0.25) is 0 Å². The quantitative estimate of drug-likeness (QED) is 0.647. The highest BCUT2D eigenvalue weighted by Crippen LogP contribution is 2.35. The molecule has 1 aromatic carbocycles. The van der Waals surface area contributed by atoms with Crippen LogP contribution >= 0.6 is 0 Å². The number of amides is 2. The fourth-order valence-corrected chi connectivity index (χ4v) is 3.79. The molecule has 1 saturated heterocycles. The number of rotatable bonds is 8. The second kappa shape index (κ2) is 9.49. The van der Waals surface area contributed by atoms with Crippen LogP contribution in [0.5, 0.6) is 0 Å². The Labute approximate surface area is 177 Å². The maximum atomic E-state index is 12.9. The first-order chi connectivity index (χ1) is 14.4. The van der Waals surface area contributed by atoms with Gasteiger partial charge in [-0.2, -0.15) is 0 Å². The van der Waals surface area contributed by atoms with Gasteiger partial charge in [-0.25, -0.2) is 9.48 Å². The molecular formula is C22H32N4O4. The summed E-state index contributed by atoms with van der Waals surface area (Å²) in [5.41, 5.74) is 1.38. The van der Waals surface area contributed by atoms with Gasteiger partial charge in [-0.15, -0.1) is 0 Å². The van der Waals surface area contributed by atoms with Gasteiger partial charge in [-0.1, -0.05) is 32.0 Å². The molecule has 0 aliphatic carbocycles. The molecule has 2 amide bonds. The van der Waals surface area contributed by atoms with Gasteiger partial charge in [-0.3, -0.25) is 9.48 Å². The van der Waals surface area contributed by atoms with Crippen molar-refractivity contribution in [1.29, 1.82) is 0 Å². The SMILES string of the molecule is CC[C@@](C)(CCCNC(=O)Nc1c(C)n(C)n(-c2ccccc2)c1=O)C1OCCO1. The number of aromatic nitrogens is 2. The number of ether oxygens (including phenoxy) is 2. The van der Waals surface area contributed by atoms with Crippen LogP contribution in [0.25, 0.3) is 5.69 Å². The zero-order valence-electron chi connectivity index (χ0n) is 18.2. The molecule has 1 aliphatic heterocycles. The summed E-state index contributed by atoms with van der Waals surface area (Å²) in [5, 5.41) is 5.57. The highest BCUT2D eigenvalue weighted by atomic mass is 16.7. The Morgan fingerprint density at radius 3 is 2.53 bits per heavy atom. The predicted octanol–water partition coefficient (Wildman–Crippen LogP) is 3.18. The van der Waals surface area contributed by atoms with Gasteiger partial charge < -0.3 is 20.1 Å². The minimum atomic E-state index is -0.382. The van der Waals surface area contributed by atoms with Crippen LogP contribution in [-0.2, 0) is 16.5 Å². The molecule has 1 aliphatic rings. The number of urea groups is 1.